The van der Waals surface area contributed by atoms with Crippen molar-refractivity contribution in [3.63, 3.8) is 0 Å². The molecule has 1 N–H and O–H groups in total. The van der Waals surface area contributed by atoms with Crippen molar-refractivity contribution in [2.75, 3.05) is 13.1 Å². The molecule has 1 heterocycles. The first kappa shape index (κ1) is 12.3. The lowest BCUT2D eigenvalue weighted by atomic mass is 10.3. The molecule has 0 saturated carbocycles. The van der Waals surface area contributed by atoms with Gasteiger partial charge < -0.3 is 14.6 Å². The molecule has 5 heteroatoms. The molecule has 5 nitrogen and oxygen atoms in total. The number of likely N-dealkylation sites (N-methyl/N-ethyl adjacent to an activating group) is 1. The molecule has 0 spiro atoms. The summed E-state index contributed by atoms with van der Waals surface area (Å²) in [6, 6.07) is 3.78. The lowest BCUT2D eigenvalue weighted by Gasteiger charge is -2.18. The van der Waals surface area contributed by atoms with Crippen LogP contribution in [0.25, 0.3) is 0 Å². The Hall–Kier alpha value is -1.78. The summed E-state index contributed by atoms with van der Waals surface area (Å²) in [5.41, 5.74) is 0. The highest BCUT2D eigenvalue weighted by Gasteiger charge is 2.14. The van der Waals surface area contributed by atoms with Gasteiger partial charge in [0.15, 0.2) is 0 Å². The minimum absolute atomic E-state index is 0.126. The fraction of sp³-hybridized carbons (Fsp3) is 0.455. The van der Waals surface area contributed by atoms with Gasteiger partial charge in [0.25, 0.3) is 0 Å². The summed E-state index contributed by atoms with van der Waals surface area (Å²) in [7, 11) is 0. The number of carboxylic acids is 1. The van der Waals surface area contributed by atoms with Crippen LogP contribution in [0.2, 0.25) is 0 Å². The van der Waals surface area contributed by atoms with Gasteiger partial charge in [-0.3, -0.25) is 9.59 Å². The van der Waals surface area contributed by atoms with Crippen molar-refractivity contribution < 1.29 is 14.7 Å². The third-order valence-electron chi connectivity index (χ3n) is 2.31. The number of carboxylic acid groups (broad SMARTS) is 1. The number of aliphatic carboxylic acids is 1. The van der Waals surface area contributed by atoms with Crippen LogP contribution in [-0.4, -0.2) is 39.5 Å². The highest BCUT2D eigenvalue weighted by atomic mass is 16.4. The molecule has 0 radical (unpaired) electrons. The van der Waals surface area contributed by atoms with Gasteiger partial charge in [-0.15, -0.1) is 0 Å². The number of rotatable bonds is 6. The minimum Gasteiger partial charge on any atom is -0.480 e. The lowest BCUT2D eigenvalue weighted by Crippen LogP contribution is -2.35. The Bertz CT molecular complexity index is 346. The molecule has 1 amide bonds. The molecule has 0 aromatic carbocycles. The lowest BCUT2D eigenvalue weighted by molar-refractivity contribution is -0.144. The summed E-state index contributed by atoms with van der Waals surface area (Å²) >= 11 is 0. The maximum absolute atomic E-state index is 11.7. The molecular formula is C11H16N2O3. The molecule has 0 bridgehead atoms. The molecule has 0 saturated heterocycles. The van der Waals surface area contributed by atoms with Crippen LogP contribution in [0.4, 0.5) is 0 Å². The van der Waals surface area contributed by atoms with Crippen molar-refractivity contribution in [2.24, 2.45) is 0 Å². The molecular weight excluding hydrogens is 208 g/mol. The average molecular weight is 224 g/mol. The van der Waals surface area contributed by atoms with Crippen LogP contribution < -0.4 is 0 Å². The van der Waals surface area contributed by atoms with Crippen LogP contribution in [0.3, 0.4) is 0 Å². The molecule has 1 aromatic heterocycles. The van der Waals surface area contributed by atoms with Crippen molar-refractivity contribution >= 4 is 11.9 Å². The summed E-state index contributed by atoms with van der Waals surface area (Å²) in [6.07, 6.45) is 4.08. The largest absolute Gasteiger partial charge is 0.480 e. The highest BCUT2D eigenvalue weighted by molar-refractivity contribution is 5.81. The van der Waals surface area contributed by atoms with Gasteiger partial charge in [-0.1, -0.05) is 0 Å². The molecule has 16 heavy (non-hydrogen) atoms. The smallest absolute Gasteiger partial charge is 0.323 e. The molecule has 0 unspecified atom stereocenters. The highest BCUT2D eigenvalue weighted by Crippen LogP contribution is 1.98. The second kappa shape index (κ2) is 5.95. The summed E-state index contributed by atoms with van der Waals surface area (Å²) in [5, 5.41) is 8.62. The third kappa shape index (κ3) is 3.76. The number of carbonyl (C=O) groups excluding carboxylic acids is 1. The average Bonchev–Trinajstić information content (AvgIpc) is 2.75. The zero-order chi connectivity index (χ0) is 12.0. The second-order valence-electron chi connectivity index (χ2n) is 3.47. The predicted octanol–water partition coefficient (Wildman–Crippen LogP) is 0.811. The minimum atomic E-state index is -0.976. The second-order valence-corrected chi connectivity index (χ2v) is 3.47. The molecule has 0 aliphatic carbocycles. The number of carbonyl (C=O) groups is 2. The van der Waals surface area contributed by atoms with Crippen LogP contribution in [0.15, 0.2) is 24.5 Å². The Labute approximate surface area is 94.3 Å². The predicted molar refractivity (Wildman–Crippen MR) is 58.9 cm³/mol. The maximum atomic E-state index is 11.7. The zero-order valence-corrected chi connectivity index (χ0v) is 9.30. The van der Waals surface area contributed by atoms with Gasteiger partial charge in [-0.25, -0.2) is 0 Å². The van der Waals surface area contributed by atoms with E-state index in [2.05, 4.69) is 0 Å². The summed E-state index contributed by atoms with van der Waals surface area (Å²) in [5.74, 6) is -1.10. The first-order chi connectivity index (χ1) is 7.63. The van der Waals surface area contributed by atoms with Gasteiger partial charge in [-0.05, 0) is 19.1 Å². The number of nitrogens with zero attached hydrogens (tertiary/aromatic N) is 2. The van der Waals surface area contributed by atoms with Gasteiger partial charge in [-0.2, -0.15) is 0 Å². The van der Waals surface area contributed by atoms with Gasteiger partial charge in [0.05, 0.1) is 0 Å². The standard InChI is InChI=1S/C11H16N2O3/c1-2-13(9-11(15)16)10(14)5-8-12-6-3-4-7-12/h3-4,6-7H,2,5,8-9H2,1H3,(H,15,16). The molecule has 88 valence electrons. The topological polar surface area (TPSA) is 62.5 Å². The summed E-state index contributed by atoms with van der Waals surface area (Å²) in [4.78, 5) is 23.5. The van der Waals surface area contributed by atoms with E-state index in [4.69, 9.17) is 5.11 Å². The fourth-order valence-electron chi connectivity index (χ4n) is 1.44. The normalized spacial score (nSPS) is 10.1. The number of hydrogen-bond acceptors (Lipinski definition) is 2. The van der Waals surface area contributed by atoms with Crippen molar-refractivity contribution in [1.29, 1.82) is 0 Å². The van der Waals surface area contributed by atoms with Crippen molar-refractivity contribution in [1.82, 2.24) is 9.47 Å². The number of aromatic nitrogens is 1. The van der Waals surface area contributed by atoms with Crippen molar-refractivity contribution in [2.45, 2.75) is 19.9 Å². The summed E-state index contributed by atoms with van der Waals surface area (Å²) in [6.45, 7) is 2.57. The van der Waals surface area contributed by atoms with Gasteiger partial charge in [0.1, 0.15) is 6.54 Å². The number of amides is 1. The zero-order valence-electron chi connectivity index (χ0n) is 9.30. The third-order valence-corrected chi connectivity index (χ3v) is 2.31. The molecule has 0 aliphatic heterocycles. The van der Waals surface area contributed by atoms with Crippen LogP contribution in [0, 0.1) is 0 Å². The van der Waals surface area contributed by atoms with Crippen molar-refractivity contribution in [3.05, 3.63) is 24.5 Å². The van der Waals surface area contributed by atoms with E-state index < -0.39 is 5.97 Å². The van der Waals surface area contributed by atoms with E-state index in [1.54, 1.807) is 6.92 Å². The van der Waals surface area contributed by atoms with E-state index in [1.165, 1.54) is 4.90 Å². The monoisotopic (exact) mass is 224 g/mol. The molecule has 0 aliphatic rings. The van der Waals surface area contributed by atoms with Gasteiger partial charge in [0.2, 0.25) is 5.91 Å². The molecule has 0 fully saturated rings. The quantitative estimate of drug-likeness (QED) is 0.777. The SMILES string of the molecule is CCN(CC(=O)O)C(=O)CCn1cccc1. The van der Waals surface area contributed by atoms with E-state index in [-0.39, 0.29) is 12.5 Å². The van der Waals surface area contributed by atoms with Gasteiger partial charge >= 0.3 is 5.97 Å². The maximum Gasteiger partial charge on any atom is 0.323 e. The van der Waals surface area contributed by atoms with E-state index >= 15 is 0 Å². The fourth-order valence-corrected chi connectivity index (χ4v) is 1.44. The summed E-state index contributed by atoms with van der Waals surface area (Å²) < 4.78 is 1.90. The van der Waals surface area contributed by atoms with Crippen LogP contribution in [0.1, 0.15) is 13.3 Å². The van der Waals surface area contributed by atoms with Crippen LogP contribution in [0.5, 0.6) is 0 Å². The van der Waals surface area contributed by atoms with E-state index in [9.17, 15) is 9.59 Å². The number of aryl methyl sites for hydroxylation is 1. The van der Waals surface area contributed by atoms with E-state index in [0.717, 1.165) is 0 Å². The number of hydrogen-bond donors (Lipinski definition) is 1. The Morgan fingerprint density at radius 3 is 2.44 bits per heavy atom. The molecule has 1 rings (SSSR count). The Morgan fingerprint density at radius 1 is 1.31 bits per heavy atom. The van der Waals surface area contributed by atoms with Crippen LogP contribution >= 0.6 is 0 Å². The first-order valence-electron chi connectivity index (χ1n) is 5.23. The Morgan fingerprint density at radius 2 is 1.94 bits per heavy atom. The first-order valence-corrected chi connectivity index (χ1v) is 5.23. The van der Waals surface area contributed by atoms with E-state index in [1.807, 2.05) is 29.1 Å². The van der Waals surface area contributed by atoms with Gasteiger partial charge in [0, 0.05) is 31.9 Å². The molecule has 0 atom stereocenters. The van der Waals surface area contributed by atoms with Crippen molar-refractivity contribution in [3.8, 4) is 0 Å². The Kier molecular flexibility index (Phi) is 4.57. The Balaban J connectivity index is 2.40. The molecule has 1 aromatic rings. The van der Waals surface area contributed by atoms with Crippen LogP contribution in [-0.2, 0) is 16.1 Å². The van der Waals surface area contributed by atoms with E-state index in [0.29, 0.717) is 19.5 Å².